The molecule has 22 heavy (non-hydrogen) atoms. The smallest absolute Gasteiger partial charge is 0.378 e. The van der Waals surface area contributed by atoms with E-state index in [2.05, 4.69) is 4.98 Å². The molecule has 2 rings (SSSR count). The molecule has 0 aliphatic rings. The maximum Gasteiger partial charge on any atom is 0.416 e. The van der Waals surface area contributed by atoms with Crippen molar-refractivity contribution in [2.45, 2.75) is 12.7 Å². The lowest BCUT2D eigenvalue weighted by molar-refractivity contribution is -0.137. The fraction of sp³-hybridized carbons (Fsp3) is 0.312. The first-order valence-corrected chi connectivity index (χ1v) is 6.78. The van der Waals surface area contributed by atoms with Crippen LogP contribution in [0.2, 0.25) is 0 Å². The third-order valence-corrected chi connectivity index (χ3v) is 3.31. The highest BCUT2D eigenvalue weighted by Gasteiger charge is 2.31. The Kier molecular flexibility index (Phi) is 4.59. The normalized spacial score (nSPS) is 11.4. The second-order valence-corrected chi connectivity index (χ2v) is 5.32. The molecule has 0 radical (unpaired) electrons. The molecule has 1 heterocycles. The van der Waals surface area contributed by atoms with Gasteiger partial charge in [0.25, 0.3) is 0 Å². The Morgan fingerprint density at radius 2 is 1.77 bits per heavy atom. The van der Waals surface area contributed by atoms with E-state index >= 15 is 0 Å². The summed E-state index contributed by atoms with van der Waals surface area (Å²) in [6, 6.07) is 9.89. The van der Waals surface area contributed by atoms with E-state index in [1.54, 1.807) is 11.9 Å². The molecule has 0 saturated heterocycles. The second kappa shape index (κ2) is 6.25. The molecule has 1 aromatic carbocycles. The summed E-state index contributed by atoms with van der Waals surface area (Å²) in [5, 5.41) is 0. The molecule has 0 fully saturated rings. The number of alkyl halides is 3. The van der Waals surface area contributed by atoms with Crippen molar-refractivity contribution in [3.63, 3.8) is 0 Å². The van der Waals surface area contributed by atoms with Crippen LogP contribution in [-0.4, -0.2) is 26.1 Å². The first kappa shape index (κ1) is 16.1. The molecule has 0 saturated carbocycles. The van der Waals surface area contributed by atoms with Crippen molar-refractivity contribution in [2.24, 2.45) is 0 Å². The molecule has 6 heteroatoms. The Morgan fingerprint density at radius 3 is 2.41 bits per heavy atom. The van der Waals surface area contributed by atoms with E-state index in [1.807, 2.05) is 43.3 Å². The monoisotopic (exact) mass is 309 g/mol. The van der Waals surface area contributed by atoms with Crippen molar-refractivity contribution in [3.8, 4) is 0 Å². The zero-order valence-electron chi connectivity index (χ0n) is 12.7. The molecule has 3 nitrogen and oxygen atoms in total. The van der Waals surface area contributed by atoms with Crippen molar-refractivity contribution in [3.05, 3.63) is 53.7 Å². The van der Waals surface area contributed by atoms with Gasteiger partial charge in [-0.15, -0.1) is 0 Å². The van der Waals surface area contributed by atoms with Crippen molar-refractivity contribution >= 4 is 11.5 Å². The molecule has 0 unspecified atom stereocenters. The molecule has 118 valence electrons. The van der Waals surface area contributed by atoms with Gasteiger partial charge in [0.2, 0.25) is 0 Å². The average Bonchev–Trinajstić information content (AvgIpc) is 2.46. The molecule has 0 atom stereocenters. The summed E-state index contributed by atoms with van der Waals surface area (Å²) >= 11 is 0. The lowest BCUT2D eigenvalue weighted by Gasteiger charge is -2.20. The van der Waals surface area contributed by atoms with Crippen LogP contribution in [0, 0.1) is 0 Å². The van der Waals surface area contributed by atoms with Crippen LogP contribution < -0.4 is 9.80 Å². The van der Waals surface area contributed by atoms with Gasteiger partial charge in [-0.2, -0.15) is 13.2 Å². The fourth-order valence-electron chi connectivity index (χ4n) is 2.09. The summed E-state index contributed by atoms with van der Waals surface area (Å²) in [6.07, 6.45) is -3.17. The Bertz CT molecular complexity index is 639. The summed E-state index contributed by atoms with van der Waals surface area (Å²) in [4.78, 5) is 7.70. The van der Waals surface area contributed by atoms with Crippen LogP contribution in [0.1, 0.15) is 11.1 Å². The lowest BCUT2D eigenvalue weighted by atomic mass is 10.1. The molecule has 0 amide bonds. The van der Waals surface area contributed by atoms with Crippen LogP contribution in [0.25, 0.3) is 0 Å². The number of pyridine rings is 1. The number of hydrogen-bond donors (Lipinski definition) is 0. The summed E-state index contributed by atoms with van der Waals surface area (Å²) in [7, 11) is 5.61. The fourth-order valence-corrected chi connectivity index (χ4v) is 2.09. The van der Waals surface area contributed by atoms with E-state index in [1.165, 1.54) is 6.20 Å². The van der Waals surface area contributed by atoms with Crippen LogP contribution in [0.3, 0.4) is 0 Å². The molecule has 2 aromatic rings. The Balaban J connectivity index is 2.19. The minimum Gasteiger partial charge on any atom is -0.378 e. The molecule has 0 aliphatic heterocycles. The summed E-state index contributed by atoms with van der Waals surface area (Å²) in [5.74, 6) is 0.296. The van der Waals surface area contributed by atoms with Gasteiger partial charge < -0.3 is 9.80 Å². The van der Waals surface area contributed by atoms with Crippen LogP contribution in [0.15, 0.2) is 42.6 Å². The minimum absolute atomic E-state index is 0.296. The first-order chi connectivity index (χ1) is 10.3. The number of nitrogens with zero attached hydrogens (tertiary/aromatic N) is 3. The van der Waals surface area contributed by atoms with E-state index in [-0.39, 0.29) is 0 Å². The van der Waals surface area contributed by atoms with Gasteiger partial charge in [-0.25, -0.2) is 4.98 Å². The predicted molar refractivity (Wildman–Crippen MR) is 82.1 cm³/mol. The van der Waals surface area contributed by atoms with E-state index in [9.17, 15) is 13.2 Å². The molecular weight excluding hydrogens is 291 g/mol. The Hall–Kier alpha value is -2.24. The third kappa shape index (κ3) is 3.90. The molecule has 0 spiro atoms. The Labute approximate surface area is 128 Å². The highest BCUT2D eigenvalue weighted by atomic mass is 19.4. The number of halogens is 3. The van der Waals surface area contributed by atoms with Gasteiger partial charge in [0.1, 0.15) is 5.82 Å². The van der Waals surface area contributed by atoms with Crippen LogP contribution in [0.5, 0.6) is 0 Å². The van der Waals surface area contributed by atoms with Gasteiger partial charge >= 0.3 is 6.18 Å². The molecular formula is C16H18F3N3. The Morgan fingerprint density at radius 1 is 1.05 bits per heavy atom. The summed E-state index contributed by atoms with van der Waals surface area (Å²) < 4.78 is 38.2. The molecule has 0 bridgehead atoms. The summed E-state index contributed by atoms with van der Waals surface area (Å²) in [5.41, 5.74) is 1.36. The second-order valence-electron chi connectivity index (χ2n) is 5.32. The maximum atomic E-state index is 12.7. The van der Waals surface area contributed by atoms with E-state index in [0.717, 1.165) is 23.4 Å². The van der Waals surface area contributed by atoms with Gasteiger partial charge in [-0.1, -0.05) is 12.1 Å². The standard InChI is InChI=1S/C16H18F3N3/c1-21(2)14-6-4-5-12(9-14)11-22(3)15-10-13(7-8-20-15)16(17,18)19/h4-10H,11H2,1-3H3. The van der Waals surface area contributed by atoms with E-state index in [0.29, 0.717) is 12.4 Å². The quantitative estimate of drug-likeness (QED) is 0.856. The van der Waals surface area contributed by atoms with E-state index < -0.39 is 11.7 Å². The van der Waals surface area contributed by atoms with Gasteiger partial charge in [-0.05, 0) is 29.8 Å². The zero-order valence-corrected chi connectivity index (χ0v) is 12.7. The van der Waals surface area contributed by atoms with Gasteiger partial charge in [0.15, 0.2) is 0 Å². The average molecular weight is 309 g/mol. The number of benzene rings is 1. The topological polar surface area (TPSA) is 19.4 Å². The molecule has 0 N–H and O–H groups in total. The predicted octanol–water partition coefficient (Wildman–Crippen LogP) is 3.80. The number of rotatable bonds is 4. The highest BCUT2D eigenvalue weighted by molar-refractivity contribution is 5.49. The first-order valence-electron chi connectivity index (χ1n) is 6.78. The molecule has 0 aliphatic carbocycles. The van der Waals surface area contributed by atoms with Crippen molar-refractivity contribution in [2.75, 3.05) is 30.9 Å². The van der Waals surface area contributed by atoms with Crippen LogP contribution in [0.4, 0.5) is 24.7 Å². The van der Waals surface area contributed by atoms with Gasteiger partial charge in [0.05, 0.1) is 5.56 Å². The van der Waals surface area contributed by atoms with Crippen molar-refractivity contribution in [1.82, 2.24) is 4.98 Å². The summed E-state index contributed by atoms with van der Waals surface area (Å²) in [6.45, 7) is 0.482. The van der Waals surface area contributed by atoms with Crippen LogP contribution in [-0.2, 0) is 12.7 Å². The lowest BCUT2D eigenvalue weighted by Crippen LogP contribution is -2.19. The van der Waals surface area contributed by atoms with Gasteiger partial charge in [-0.3, -0.25) is 0 Å². The highest BCUT2D eigenvalue weighted by Crippen LogP contribution is 2.30. The third-order valence-electron chi connectivity index (χ3n) is 3.31. The van der Waals surface area contributed by atoms with Crippen molar-refractivity contribution < 1.29 is 13.2 Å². The largest absolute Gasteiger partial charge is 0.416 e. The molecule has 1 aromatic heterocycles. The van der Waals surface area contributed by atoms with Crippen molar-refractivity contribution in [1.29, 1.82) is 0 Å². The minimum atomic E-state index is -4.36. The zero-order chi connectivity index (χ0) is 16.3. The SMILES string of the molecule is CN(C)c1cccc(CN(C)c2cc(C(F)(F)F)ccn2)c1. The number of anilines is 2. The number of aromatic nitrogens is 1. The van der Waals surface area contributed by atoms with E-state index in [4.69, 9.17) is 0 Å². The maximum absolute atomic E-state index is 12.7. The van der Waals surface area contributed by atoms with Gasteiger partial charge in [0, 0.05) is 39.6 Å². The van der Waals surface area contributed by atoms with Crippen LogP contribution >= 0.6 is 0 Å². The number of hydrogen-bond acceptors (Lipinski definition) is 3.